The maximum absolute atomic E-state index is 8.98. The highest BCUT2D eigenvalue weighted by Crippen LogP contribution is 2.19. The van der Waals surface area contributed by atoms with Gasteiger partial charge in [-0.3, -0.25) is 0 Å². The van der Waals surface area contributed by atoms with Gasteiger partial charge in [0.25, 0.3) is 0 Å². The molecule has 0 saturated heterocycles. The van der Waals surface area contributed by atoms with Gasteiger partial charge in [-0.25, -0.2) is 4.98 Å². The molecule has 1 heterocycles. The number of phenols is 1. The monoisotopic (exact) mass is 271 g/mol. The normalized spacial score (nSPS) is 10.1. The summed E-state index contributed by atoms with van der Waals surface area (Å²) in [6.07, 6.45) is 1.44. The Morgan fingerprint density at radius 1 is 1.20 bits per heavy atom. The number of aromatic nitrogens is 1. The molecule has 0 atom stereocenters. The highest BCUT2D eigenvalue weighted by Gasteiger charge is 1.97. The molecular weight excluding hydrogens is 254 g/mol. The van der Waals surface area contributed by atoms with Crippen LogP contribution in [-0.4, -0.2) is 10.1 Å². The Morgan fingerprint density at radius 3 is 2.65 bits per heavy atom. The fraction of sp³-hybridized carbons (Fsp3) is 0.133. The van der Waals surface area contributed by atoms with Crippen LogP contribution in [0.5, 0.6) is 5.75 Å². The lowest BCUT2D eigenvalue weighted by atomic mass is 10.2. The topological polar surface area (TPSA) is 98.3 Å². The Morgan fingerprint density at radius 2 is 2.00 bits per heavy atom. The second-order valence-electron chi connectivity index (χ2n) is 4.42. The van der Waals surface area contributed by atoms with Gasteiger partial charge in [0.2, 0.25) is 0 Å². The first-order valence-electron chi connectivity index (χ1n) is 6.17. The number of nitrogens with zero attached hydrogens (tertiary/aromatic N) is 1. The number of benzene rings is 2. The van der Waals surface area contributed by atoms with E-state index in [2.05, 4.69) is 4.98 Å². The number of hydrogen-bond acceptors (Lipinski definition) is 5. The maximum Gasteiger partial charge on any atom is 0.181 e. The van der Waals surface area contributed by atoms with Crippen LogP contribution in [0.3, 0.4) is 0 Å². The number of fused-ring (bicyclic) bond motifs is 1. The van der Waals surface area contributed by atoms with Gasteiger partial charge in [-0.05, 0) is 42.3 Å². The Kier molecular flexibility index (Phi) is 4.22. The molecule has 3 rings (SSSR count). The first-order chi connectivity index (χ1) is 9.60. The van der Waals surface area contributed by atoms with Gasteiger partial charge in [-0.2, -0.15) is 0 Å². The SMILES string of the molecule is Cc1ccc(N)c(O)c1.NCc1ccc2ncoc2c1. The molecule has 2 aromatic carbocycles. The summed E-state index contributed by atoms with van der Waals surface area (Å²) in [6, 6.07) is 10.9. The van der Waals surface area contributed by atoms with Gasteiger partial charge in [0.1, 0.15) is 11.3 Å². The third-order valence-corrected chi connectivity index (χ3v) is 2.82. The zero-order chi connectivity index (χ0) is 14.5. The third kappa shape index (κ3) is 3.27. The lowest BCUT2D eigenvalue weighted by Crippen LogP contribution is -1.94. The number of nitrogens with two attached hydrogens (primary N) is 2. The van der Waals surface area contributed by atoms with Gasteiger partial charge in [0, 0.05) is 6.54 Å². The van der Waals surface area contributed by atoms with Gasteiger partial charge in [0.15, 0.2) is 12.0 Å². The molecule has 5 nitrogen and oxygen atoms in total. The van der Waals surface area contributed by atoms with Crippen LogP contribution in [0.15, 0.2) is 47.2 Å². The summed E-state index contributed by atoms with van der Waals surface area (Å²) in [6.45, 7) is 2.44. The Hall–Kier alpha value is -2.53. The molecule has 0 aliphatic heterocycles. The van der Waals surface area contributed by atoms with Crippen molar-refractivity contribution in [2.24, 2.45) is 5.73 Å². The smallest absolute Gasteiger partial charge is 0.181 e. The van der Waals surface area contributed by atoms with Crippen molar-refractivity contribution in [2.75, 3.05) is 5.73 Å². The number of oxazole rings is 1. The van der Waals surface area contributed by atoms with Crippen molar-refractivity contribution in [1.82, 2.24) is 4.98 Å². The van der Waals surface area contributed by atoms with Crippen molar-refractivity contribution in [3.8, 4) is 5.75 Å². The Labute approximate surface area is 116 Å². The lowest BCUT2D eigenvalue weighted by molar-refractivity contribution is 0.477. The second kappa shape index (κ2) is 6.08. The minimum absolute atomic E-state index is 0.162. The Balaban J connectivity index is 0.000000151. The minimum atomic E-state index is 0.162. The van der Waals surface area contributed by atoms with Gasteiger partial charge in [0.05, 0.1) is 5.69 Å². The van der Waals surface area contributed by atoms with Gasteiger partial charge < -0.3 is 21.0 Å². The largest absolute Gasteiger partial charge is 0.506 e. The molecule has 0 radical (unpaired) electrons. The van der Waals surface area contributed by atoms with E-state index in [0.29, 0.717) is 12.2 Å². The summed E-state index contributed by atoms with van der Waals surface area (Å²) in [5.41, 5.74) is 15.0. The zero-order valence-corrected chi connectivity index (χ0v) is 11.2. The average Bonchev–Trinajstić information content (AvgIpc) is 2.91. The van der Waals surface area contributed by atoms with Crippen molar-refractivity contribution in [1.29, 1.82) is 0 Å². The van der Waals surface area contributed by atoms with Crippen LogP contribution in [0.25, 0.3) is 11.1 Å². The number of phenolic OH excluding ortho intramolecular Hbond substituents is 1. The van der Waals surface area contributed by atoms with Gasteiger partial charge in [-0.15, -0.1) is 0 Å². The lowest BCUT2D eigenvalue weighted by Gasteiger charge is -1.97. The van der Waals surface area contributed by atoms with Crippen molar-refractivity contribution >= 4 is 16.8 Å². The van der Waals surface area contributed by atoms with E-state index in [1.54, 1.807) is 12.1 Å². The quantitative estimate of drug-likeness (QED) is 0.466. The van der Waals surface area contributed by atoms with Crippen LogP contribution in [0, 0.1) is 6.92 Å². The molecule has 0 aliphatic carbocycles. The van der Waals surface area contributed by atoms with Crippen LogP contribution in [0.4, 0.5) is 5.69 Å². The summed E-state index contributed by atoms with van der Waals surface area (Å²) in [4.78, 5) is 3.99. The highest BCUT2D eigenvalue weighted by molar-refractivity contribution is 5.72. The predicted molar refractivity (Wildman–Crippen MR) is 79.2 cm³/mol. The van der Waals surface area contributed by atoms with Crippen LogP contribution in [0.2, 0.25) is 0 Å². The molecule has 3 aromatic rings. The van der Waals surface area contributed by atoms with Crippen LogP contribution < -0.4 is 11.5 Å². The molecule has 0 amide bonds. The van der Waals surface area contributed by atoms with E-state index in [9.17, 15) is 0 Å². The minimum Gasteiger partial charge on any atom is -0.506 e. The van der Waals surface area contributed by atoms with E-state index in [-0.39, 0.29) is 5.75 Å². The number of nitrogen functional groups attached to an aromatic ring is 1. The zero-order valence-electron chi connectivity index (χ0n) is 11.2. The molecule has 0 unspecified atom stereocenters. The molecule has 0 aliphatic rings. The van der Waals surface area contributed by atoms with E-state index in [1.165, 1.54) is 6.39 Å². The fourth-order valence-corrected chi connectivity index (χ4v) is 1.68. The van der Waals surface area contributed by atoms with E-state index in [1.807, 2.05) is 31.2 Å². The van der Waals surface area contributed by atoms with E-state index in [4.69, 9.17) is 21.0 Å². The third-order valence-electron chi connectivity index (χ3n) is 2.82. The van der Waals surface area contributed by atoms with Crippen LogP contribution >= 0.6 is 0 Å². The molecule has 0 fully saturated rings. The van der Waals surface area contributed by atoms with Gasteiger partial charge >= 0.3 is 0 Å². The molecule has 1 aromatic heterocycles. The first kappa shape index (κ1) is 13.9. The summed E-state index contributed by atoms with van der Waals surface area (Å²) in [7, 11) is 0. The molecule has 0 saturated carbocycles. The molecule has 104 valence electrons. The molecule has 5 heteroatoms. The molecule has 0 spiro atoms. The van der Waals surface area contributed by atoms with Gasteiger partial charge in [-0.1, -0.05) is 12.1 Å². The summed E-state index contributed by atoms with van der Waals surface area (Å²) in [5, 5.41) is 8.98. The number of anilines is 1. The fourth-order valence-electron chi connectivity index (χ4n) is 1.68. The Bertz CT molecular complexity index is 707. The molecule has 0 bridgehead atoms. The highest BCUT2D eigenvalue weighted by atomic mass is 16.3. The molecule has 20 heavy (non-hydrogen) atoms. The van der Waals surface area contributed by atoms with Crippen molar-refractivity contribution in [3.63, 3.8) is 0 Å². The van der Waals surface area contributed by atoms with Crippen LogP contribution in [0.1, 0.15) is 11.1 Å². The summed E-state index contributed by atoms with van der Waals surface area (Å²) in [5.74, 6) is 0.162. The summed E-state index contributed by atoms with van der Waals surface area (Å²) < 4.78 is 5.09. The number of aromatic hydroxyl groups is 1. The van der Waals surface area contributed by atoms with E-state index in [0.717, 1.165) is 22.2 Å². The van der Waals surface area contributed by atoms with E-state index < -0.39 is 0 Å². The van der Waals surface area contributed by atoms with Crippen LogP contribution in [-0.2, 0) is 6.54 Å². The number of aryl methyl sites for hydroxylation is 1. The number of hydrogen-bond donors (Lipinski definition) is 3. The van der Waals surface area contributed by atoms with Crippen molar-refractivity contribution in [2.45, 2.75) is 13.5 Å². The number of rotatable bonds is 1. The predicted octanol–water partition coefficient (Wildman–Crippen LogP) is 2.57. The first-order valence-corrected chi connectivity index (χ1v) is 6.17. The maximum atomic E-state index is 8.98. The van der Waals surface area contributed by atoms with E-state index >= 15 is 0 Å². The van der Waals surface area contributed by atoms with Crippen molar-refractivity contribution < 1.29 is 9.52 Å². The molecular formula is C15H17N3O2. The molecule has 5 N–H and O–H groups in total. The average molecular weight is 271 g/mol. The standard InChI is InChI=1S/C8H8N2O.C7H9NO/c9-4-6-1-2-7-8(3-6)11-5-10-7;1-5-2-3-6(8)7(9)4-5/h1-3,5H,4,9H2;2-4,9H,8H2,1H3. The summed E-state index contributed by atoms with van der Waals surface area (Å²) >= 11 is 0. The second-order valence-corrected chi connectivity index (χ2v) is 4.42. The van der Waals surface area contributed by atoms with Crippen molar-refractivity contribution in [3.05, 3.63) is 53.9 Å².